The van der Waals surface area contributed by atoms with Gasteiger partial charge in [0.1, 0.15) is 0 Å². The van der Waals surface area contributed by atoms with Gasteiger partial charge in [0.05, 0.1) is 19.3 Å². The Kier molecular flexibility index (Phi) is 4.58. The summed E-state index contributed by atoms with van der Waals surface area (Å²) in [4.78, 5) is 0. The van der Waals surface area contributed by atoms with Crippen LogP contribution in [-0.4, -0.2) is 18.3 Å². The van der Waals surface area contributed by atoms with E-state index < -0.39 is 6.10 Å². The molecule has 1 aromatic carbocycles. The number of fused-ring (bicyclic) bond motifs is 1. The molecule has 3 nitrogen and oxygen atoms in total. The number of aliphatic hydroxyl groups excluding tert-OH is 1. The molecule has 0 saturated heterocycles. The third-order valence-electron chi connectivity index (χ3n) is 3.56. The highest BCUT2D eigenvalue weighted by Gasteiger charge is 2.31. The Balaban J connectivity index is 2.62. The molecule has 0 radical (unpaired) electrons. The van der Waals surface area contributed by atoms with Gasteiger partial charge < -0.3 is 14.6 Å². The fourth-order valence-corrected chi connectivity index (χ4v) is 3.11. The zero-order valence-corrected chi connectivity index (χ0v) is 12.5. The number of hydrogen-bond acceptors (Lipinski definition) is 3. The molecule has 19 heavy (non-hydrogen) atoms. The first kappa shape index (κ1) is 14.5. The normalized spacial score (nSPS) is 21.9. The van der Waals surface area contributed by atoms with Crippen molar-refractivity contribution in [2.75, 3.05) is 13.2 Å². The number of aliphatic hydroxyl groups is 1. The average molecular weight is 285 g/mol. The number of hydrogen-bond donors (Lipinski definition) is 1. The van der Waals surface area contributed by atoms with E-state index in [2.05, 4.69) is 6.92 Å². The molecule has 1 unspecified atom stereocenters. The molecule has 2 rings (SSSR count). The molecule has 1 aliphatic carbocycles. The van der Waals surface area contributed by atoms with E-state index >= 15 is 0 Å². The molecule has 106 valence electrons. The topological polar surface area (TPSA) is 38.7 Å². The lowest BCUT2D eigenvalue weighted by molar-refractivity contribution is 0.144. The third-order valence-corrected chi connectivity index (χ3v) is 3.87. The molecule has 1 aromatic rings. The maximum absolute atomic E-state index is 10.3. The molecule has 4 heteroatoms. The summed E-state index contributed by atoms with van der Waals surface area (Å²) in [5.74, 6) is 1.62. The molecule has 1 aliphatic rings. The largest absolute Gasteiger partial charge is 0.490 e. The lowest BCUT2D eigenvalue weighted by Crippen LogP contribution is -2.16. The van der Waals surface area contributed by atoms with E-state index in [0.29, 0.717) is 35.7 Å². The van der Waals surface area contributed by atoms with Crippen LogP contribution in [0.3, 0.4) is 0 Å². The number of halogens is 1. The SMILES string of the molecule is CCOc1cc(Cl)c2c(c1OCC)[C@@H](O)CCC2C. The van der Waals surface area contributed by atoms with Crippen LogP contribution < -0.4 is 9.47 Å². The van der Waals surface area contributed by atoms with Crippen LogP contribution >= 0.6 is 11.6 Å². The van der Waals surface area contributed by atoms with E-state index in [1.54, 1.807) is 0 Å². The predicted molar refractivity (Wildman–Crippen MR) is 76.4 cm³/mol. The van der Waals surface area contributed by atoms with Crippen LogP contribution in [0.1, 0.15) is 56.8 Å². The first-order chi connectivity index (χ1) is 9.10. The Hall–Kier alpha value is -0.930. The highest BCUT2D eigenvalue weighted by molar-refractivity contribution is 6.31. The molecule has 1 N–H and O–H groups in total. The summed E-state index contributed by atoms with van der Waals surface area (Å²) in [6.45, 7) is 7.06. The molecule has 0 bridgehead atoms. The zero-order chi connectivity index (χ0) is 14.0. The van der Waals surface area contributed by atoms with Gasteiger partial charge in [-0.2, -0.15) is 0 Å². The van der Waals surface area contributed by atoms with Crippen molar-refractivity contribution < 1.29 is 14.6 Å². The number of benzene rings is 1. The minimum absolute atomic E-state index is 0.334. The summed E-state index contributed by atoms with van der Waals surface area (Å²) in [6.07, 6.45) is 1.15. The summed E-state index contributed by atoms with van der Waals surface area (Å²) >= 11 is 6.37. The molecule has 0 aliphatic heterocycles. The number of ether oxygens (including phenoxy) is 2. The fourth-order valence-electron chi connectivity index (χ4n) is 2.73. The molecular formula is C15H21ClO3. The van der Waals surface area contributed by atoms with E-state index in [1.807, 2.05) is 19.9 Å². The highest BCUT2D eigenvalue weighted by Crippen LogP contribution is 2.49. The first-order valence-electron chi connectivity index (χ1n) is 6.90. The van der Waals surface area contributed by atoms with Crippen molar-refractivity contribution in [2.24, 2.45) is 0 Å². The van der Waals surface area contributed by atoms with Crippen molar-refractivity contribution >= 4 is 11.6 Å². The van der Waals surface area contributed by atoms with Crippen molar-refractivity contribution in [3.8, 4) is 11.5 Å². The van der Waals surface area contributed by atoms with Crippen LogP contribution in [0.5, 0.6) is 11.5 Å². The van der Waals surface area contributed by atoms with Gasteiger partial charge in [0.15, 0.2) is 11.5 Å². The Morgan fingerprint density at radius 1 is 1.21 bits per heavy atom. The van der Waals surface area contributed by atoms with Crippen molar-refractivity contribution in [1.82, 2.24) is 0 Å². The number of rotatable bonds is 4. The minimum atomic E-state index is -0.523. The highest BCUT2D eigenvalue weighted by atomic mass is 35.5. The second kappa shape index (κ2) is 6.02. The minimum Gasteiger partial charge on any atom is -0.490 e. The summed E-state index contributed by atoms with van der Waals surface area (Å²) in [5.41, 5.74) is 1.82. The molecule has 0 fully saturated rings. The molecule has 0 saturated carbocycles. The Morgan fingerprint density at radius 3 is 2.53 bits per heavy atom. The molecule has 2 atom stereocenters. The van der Waals surface area contributed by atoms with Crippen molar-refractivity contribution in [3.05, 3.63) is 22.2 Å². The predicted octanol–water partition coefficient (Wildman–Crippen LogP) is 4.07. The molecule has 0 spiro atoms. The Bertz CT molecular complexity index is 459. The molecule has 0 aromatic heterocycles. The van der Waals surface area contributed by atoms with Crippen molar-refractivity contribution in [1.29, 1.82) is 0 Å². The van der Waals surface area contributed by atoms with Crippen molar-refractivity contribution in [3.63, 3.8) is 0 Å². The van der Waals surface area contributed by atoms with Gasteiger partial charge in [-0.1, -0.05) is 18.5 Å². The van der Waals surface area contributed by atoms with Gasteiger partial charge in [0, 0.05) is 16.7 Å². The summed E-state index contributed by atoms with van der Waals surface area (Å²) in [6, 6.07) is 1.81. The molecular weight excluding hydrogens is 264 g/mol. The quantitative estimate of drug-likeness (QED) is 0.906. The van der Waals surface area contributed by atoms with Crippen LogP contribution in [0.2, 0.25) is 5.02 Å². The third kappa shape index (κ3) is 2.67. The van der Waals surface area contributed by atoms with E-state index in [0.717, 1.165) is 24.0 Å². The summed E-state index contributed by atoms with van der Waals surface area (Å²) in [7, 11) is 0. The first-order valence-corrected chi connectivity index (χ1v) is 7.27. The average Bonchev–Trinajstić information content (AvgIpc) is 2.37. The molecule has 0 amide bonds. The van der Waals surface area contributed by atoms with Gasteiger partial charge in [-0.05, 0) is 38.2 Å². The second-order valence-electron chi connectivity index (χ2n) is 4.87. The fraction of sp³-hybridized carbons (Fsp3) is 0.600. The van der Waals surface area contributed by atoms with Gasteiger partial charge in [0.25, 0.3) is 0 Å². The second-order valence-corrected chi connectivity index (χ2v) is 5.28. The van der Waals surface area contributed by atoms with Gasteiger partial charge in [0.2, 0.25) is 0 Å². The van der Waals surface area contributed by atoms with Gasteiger partial charge in [-0.15, -0.1) is 0 Å². The monoisotopic (exact) mass is 284 g/mol. The van der Waals surface area contributed by atoms with Crippen LogP contribution in [0, 0.1) is 0 Å². The van der Waals surface area contributed by atoms with Gasteiger partial charge >= 0.3 is 0 Å². The van der Waals surface area contributed by atoms with Crippen LogP contribution in [0.15, 0.2) is 6.07 Å². The summed E-state index contributed by atoms with van der Waals surface area (Å²) < 4.78 is 11.3. The smallest absolute Gasteiger partial charge is 0.167 e. The standard InChI is InChI=1S/C15H21ClO3/c1-4-18-12-8-10(16)13-9(3)6-7-11(17)14(13)15(12)19-5-2/h8-9,11,17H,4-7H2,1-3H3/t9?,11-/m0/s1. The van der Waals surface area contributed by atoms with E-state index in [1.165, 1.54) is 0 Å². The van der Waals surface area contributed by atoms with E-state index in [4.69, 9.17) is 21.1 Å². The van der Waals surface area contributed by atoms with Gasteiger partial charge in [-0.3, -0.25) is 0 Å². The van der Waals surface area contributed by atoms with Crippen LogP contribution in [0.4, 0.5) is 0 Å². The summed E-state index contributed by atoms with van der Waals surface area (Å²) in [5, 5.41) is 11.0. The Morgan fingerprint density at radius 2 is 1.89 bits per heavy atom. The van der Waals surface area contributed by atoms with Crippen LogP contribution in [-0.2, 0) is 0 Å². The van der Waals surface area contributed by atoms with E-state index in [-0.39, 0.29) is 0 Å². The van der Waals surface area contributed by atoms with Gasteiger partial charge in [-0.25, -0.2) is 0 Å². The lowest BCUT2D eigenvalue weighted by Gasteiger charge is -2.30. The van der Waals surface area contributed by atoms with Crippen LogP contribution in [0.25, 0.3) is 0 Å². The lowest BCUT2D eigenvalue weighted by atomic mass is 9.81. The van der Waals surface area contributed by atoms with E-state index in [9.17, 15) is 5.11 Å². The zero-order valence-electron chi connectivity index (χ0n) is 11.7. The molecule has 0 heterocycles. The Labute approximate surface area is 119 Å². The van der Waals surface area contributed by atoms with Crippen molar-refractivity contribution in [2.45, 2.75) is 45.6 Å². The maximum Gasteiger partial charge on any atom is 0.167 e. The maximum atomic E-state index is 10.3.